The van der Waals surface area contributed by atoms with Gasteiger partial charge in [-0.3, -0.25) is 9.59 Å². The normalized spacial score (nSPS) is 17.1. The minimum Gasteiger partial charge on any atom is -0.469 e. The van der Waals surface area contributed by atoms with Crippen LogP contribution in [0.5, 0.6) is 0 Å². The summed E-state index contributed by atoms with van der Waals surface area (Å²) in [6.45, 7) is 0. The van der Waals surface area contributed by atoms with Gasteiger partial charge in [0.1, 0.15) is 0 Å². The van der Waals surface area contributed by atoms with Crippen molar-refractivity contribution in [3.63, 3.8) is 0 Å². The molecule has 0 aromatic rings. The molecule has 1 saturated carbocycles. The summed E-state index contributed by atoms with van der Waals surface area (Å²) in [4.78, 5) is 22.2. The average molecular weight is 213 g/mol. The molecule has 0 heterocycles. The molecule has 0 unspecified atom stereocenters. The Labute approximate surface area is 90.4 Å². The molecule has 0 aliphatic heterocycles. The van der Waals surface area contributed by atoms with Crippen molar-refractivity contribution < 1.29 is 14.3 Å². The minimum absolute atomic E-state index is 0.0349. The van der Waals surface area contributed by atoms with Crippen molar-refractivity contribution in [2.75, 3.05) is 7.11 Å². The van der Waals surface area contributed by atoms with Crippen molar-refractivity contribution in [1.29, 1.82) is 0 Å². The lowest BCUT2D eigenvalue weighted by molar-refractivity contribution is -0.142. The fourth-order valence-corrected chi connectivity index (χ4v) is 1.86. The predicted molar refractivity (Wildman–Crippen MR) is 56.3 cm³/mol. The molecule has 1 aliphatic carbocycles. The molecule has 1 fully saturated rings. The van der Waals surface area contributed by atoms with E-state index in [1.54, 1.807) is 0 Å². The number of nitrogens with one attached hydrogen (secondary N) is 1. The number of hydrogen-bond acceptors (Lipinski definition) is 3. The lowest BCUT2D eigenvalue weighted by Crippen LogP contribution is -2.36. The van der Waals surface area contributed by atoms with Crippen LogP contribution < -0.4 is 5.32 Å². The number of esters is 1. The van der Waals surface area contributed by atoms with Gasteiger partial charge in [-0.25, -0.2) is 0 Å². The monoisotopic (exact) mass is 213 g/mol. The van der Waals surface area contributed by atoms with Crippen LogP contribution in [0.3, 0.4) is 0 Å². The first-order valence-corrected chi connectivity index (χ1v) is 5.58. The molecule has 0 aromatic heterocycles. The maximum absolute atomic E-state index is 11.4. The summed E-state index contributed by atoms with van der Waals surface area (Å²) in [7, 11) is 1.33. The zero-order chi connectivity index (χ0) is 11.1. The van der Waals surface area contributed by atoms with Gasteiger partial charge in [-0.1, -0.05) is 19.3 Å². The third kappa shape index (κ3) is 4.81. The molecule has 1 rings (SSSR count). The largest absolute Gasteiger partial charge is 0.469 e. The number of amides is 1. The molecular formula is C11H19NO3. The molecule has 86 valence electrons. The molecule has 0 spiro atoms. The van der Waals surface area contributed by atoms with Crippen LogP contribution in [0.1, 0.15) is 44.9 Å². The van der Waals surface area contributed by atoms with E-state index >= 15 is 0 Å². The van der Waals surface area contributed by atoms with Crippen molar-refractivity contribution in [3.8, 4) is 0 Å². The van der Waals surface area contributed by atoms with Crippen molar-refractivity contribution in [2.24, 2.45) is 0 Å². The van der Waals surface area contributed by atoms with Gasteiger partial charge in [0.05, 0.1) is 13.5 Å². The van der Waals surface area contributed by atoms with Gasteiger partial charge in [0, 0.05) is 12.5 Å². The van der Waals surface area contributed by atoms with Gasteiger partial charge < -0.3 is 10.1 Å². The van der Waals surface area contributed by atoms with E-state index < -0.39 is 0 Å². The highest BCUT2D eigenvalue weighted by Crippen LogP contribution is 2.17. The molecule has 0 aromatic carbocycles. The first-order valence-electron chi connectivity index (χ1n) is 5.58. The Bertz CT molecular complexity index is 222. The van der Waals surface area contributed by atoms with E-state index in [1.165, 1.54) is 26.4 Å². The Kier molecular flexibility index (Phi) is 5.15. The van der Waals surface area contributed by atoms with Crippen LogP contribution in [-0.4, -0.2) is 25.0 Å². The van der Waals surface area contributed by atoms with Crippen molar-refractivity contribution in [3.05, 3.63) is 0 Å². The highest BCUT2D eigenvalue weighted by molar-refractivity contribution is 5.81. The number of methoxy groups -OCH3 is 1. The van der Waals surface area contributed by atoms with Gasteiger partial charge in [0.25, 0.3) is 0 Å². The summed E-state index contributed by atoms with van der Waals surface area (Å²) < 4.78 is 4.47. The smallest absolute Gasteiger partial charge is 0.306 e. The van der Waals surface area contributed by atoms with Crippen LogP contribution in [-0.2, 0) is 14.3 Å². The third-order valence-corrected chi connectivity index (χ3v) is 2.75. The third-order valence-electron chi connectivity index (χ3n) is 2.75. The van der Waals surface area contributed by atoms with Crippen LogP contribution in [0.15, 0.2) is 0 Å². The molecular weight excluding hydrogens is 194 g/mol. The number of hydrogen-bond donors (Lipinski definition) is 1. The fourth-order valence-electron chi connectivity index (χ4n) is 1.86. The molecule has 15 heavy (non-hydrogen) atoms. The molecule has 0 saturated heterocycles. The molecule has 1 N–H and O–H groups in total. The molecule has 0 bridgehead atoms. The van der Waals surface area contributed by atoms with Crippen LogP contribution in [0.4, 0.5) is 0 Å². The lowest BCUT2D eigenvalue weighted by atomic mass is 9.95. The second-order valence-electron chi connectivity index (χ2n) is 3.98. The molecule has 1 amide bonds. The summed E-state index contributed by atoms with van der Waals surface area (Å²) >= 11 is 0. The Hall–Kier alpha value is -1.06. The zero-order valence-corrected chi connectivity index (χ0v) is 9.25. The van der Waals surface area contributed by atoms with E-state index in [1.807, 2.05) is 0 Å². The Balaban J connectivity index is 2.14. The number of carbonyl (C=O) groups excluding carboxylic acids is 2. The van der Waals surface area contributed by atoms with Gasteiger partial charge in [-0.15, -0.1) is 0 Å². The summed E-state index contributed by atoms with van der Waals surface area (Å²) in [6.07, 6.45) is 6.23. The minimum atomic E-state index is -0.325. The van der Waals surface area contributed by atoms with Crippen molar-refractivity contribution in [1.82, 2.24) is 5.32 Å². The quantitative estimate of drug-likeness (QED) is 0.718. The van der Waals surface area contributed by atoms with E-state index in [0.717, 1.165) is 12.8 Å². The maximum Gasteiger partial charge on any atom is 0.306 e. The summed E-state index contributed by atoms with van der Waals surface area (Å²) in [5, 5.41) is 2.95. The van der Waals surface area contributed by atoms with Crippen LogP contribution in [0.2, 0.25) is 0 Å². The summed E-state index contributed by atoms with van der Waals surface area (Å²) in [6, 6.07) is 0.323. The zero-order valence-electron chi connectivity index (χ0n) is 9.25. The van der Waals surface area contributed by atoms with Crippen LogP contribution in [0, 0.1) is 0 Å². The Morgan fingerprint density at radius 1 is 1.20 bits per heavy atom. The van der Waals surface area contributed by atoms with Gasteiger partial charge in [-0.05, 0) is 12.8 Å². The summed E-state index contributed by atoms with van der Waals surface area (Å²) in [5.74, 6) is -0.360. The Morgan fingerprint density at radius 2 is 1.87 bits per heavy atom. The van der Waals surface area contributed by atoms with Crippen LogP contribution >= 0.6 is 0 Å². The second kappa shape index (κ2) is 6.43. The van der Waals surface area contributed by atoms with E-state index in [9.17, 15) is 9.59 Å². The molecule has 4 heteroatoms. The van der Waals surface area contributed by atoms with E-state index in [2.05, 4.69) is 10.1 Å². The van der Waals surface area contributed by atoms with Crippen LogP contribution in [0.25, 0.3) is 0 Å². The lowest BCUT2D eigenvalue weighted by Gasteiger charge is -2.22. The van der Waals surface area contributed by atoms with Gasteiger partial charge in [-0.2, -0.15) is 0 Å². The van der Waals surface area contributed by atoms with E-state index in [4.69, 9.17) is 0 Å². The fraction of sp³-hybridized carbons (Fsp3) is 0.818. The van der Waals surface area contributed by atoms with Crippen molar-refractivity contribution >= 4 is 11.9 Å². The Morgan fingerprint density at radius 3 is 2.47 bits per heavy atom. The maximum atomic E-state index is 11.4. The summed E-state index contributed by atoms with van der Waals surface area (Å²) in [5.41, 5.74) is 0. The molecule has 1 aliphatic rings. The molecule has 4 nitrogen and oxygen atoms in total. The van der Waals surface area contributed by atoms with Gasteiger partial charge in [0.15, 0.2) is 0 Å². The molecule has 0 radical (unpaired) electrons. The number of ether oxygens (including phenoxy) is 1. The SMILES string of the molecule is COC(=O)CCC(=O)NC1CCCCC1. The highest BCUT2D eigenvalue weighted by Gasteiger charge is 2.16. The first-order chi connectivity index (χ1) is 7.22. The van der Waals surface area contributed by atoms with E-state index in [-0.39, 0.29) is 24.7 Å². The highest BCUT2D eigenvalue weighted by atomic mass is 16.5. The van der Waals surface area contributed by atoms with Crippen molar-refractivity contribution in [2.45, 2.75) is 51.0 Å². The van der Waals surface area contributed by atoms with Gasteiger partial charge in [0.2, 0.25) is 5.91 Å². The topological polar surface area (TPSA) is 55.4 Å². The first kappa shape index (κ1) is 12.0. The molecule has 0 atom stereocenters. The van der Waals surface area contributed by atoms with E-state index in [0.29, 0.717) is 6.04 Å². The predicted octanol–water partition coefficient (Wildman–Crippen LogP) is 1.39. The number of carbonyl (C=O) groups is 2. The average Bonchev–Trinajstić information content (AvgIpc) is 2.27. The second-order valence-corrected chi connectivity index (χ2v) is 3.98. The standard InChI is InChI=1S/C11H19NO3/c1-15-11(14)8-7-10(13)12-9-5-3-2-4-6-9/h9H,2-8H2,1H3,(H,12,13). The number of rotatable bonds is 4. The van der Waals surface area contributed by atoms with Gasteiger partial charge >= 0.3 is 5.97 Å².